The van der Waals surface area contributed by atoms with Crippen LogP contribution >= 0.6 is 0 Å². The van der Waals surface area contributed by atoms with E-state index in [0.29, 0.717) is 17.0 Å². The molecule has 0 aliphatic carbocycles. The number of hydrogen-bond donors (Lipinski definition) is 1. The Morgan fingerprint density at radius 2 is 2.09 bits per heavy atom. The van der Waals surface area contributed by atoms with Crippen LogP contribution in [0.1, 0.15) is 31.7 Å². The van der Waals surface area contributed by atoms with Crippen LogP contribution in [0.25, 0.3) is 0 Å². The first-order valence-corrected chi connectivity index (χ1v) is 6.95. The summed E-state index contributed by atoms with van der Waals surface area (Å²) in [7, 11) is 1.44. The van der Waals surface area contributed by atoms with Gasteiger partial charge < -0.3 is 14.8 Å². The van der Waals surface area contributed by atoms with Gasteiger partial charge in [-0.05, 0) is 25.5 Å². The molecular formula is C16H16FNO4. The standard InChI is InChI=1S/C16H16FNO4/c1-16(2)14-13(15(20)22-16)10(7-12(19)18-14)9-5-4-8(21-3)6-11(9)17/h4-6,10H,7H2,1-3H3,(H,18,19). The molecule has 0 saturated carbocycles. The molecule has 0 fully saturated rings. The number of rotatable bonds is 2. The van der Waals surface area contributed by atoms with Gasteiger partial charge in [0.25, 0.3) is 0 Å². The number of hydrogen-bond acceptors (Lipinski definition) is 4. The lowest BCUT2D eigenvalue weighted by molar-refractivity contribution is -0.144. The van der Waals surface area contributed by atoms with Crippen molar-refractivity contribution in [3.05, 3.63) is 40.8 Å². The number of benzene rings is 1. The molecule has 2 heterocycles. The summed E-state index contributed by atoms with van der Waals surface area (Å²) in [6.07, 6.45) is 0.00720. The highest BCUT2D eigenvalue weighted by Gasteiger charge is 2.48. The Bertz CT molecular complexity index is 708. The highest BCUT2D eigenvalue weighted by atomic mass is 19.1. The summed E-state index contributed by atoms with van der Waals surface area (Å²) in [5, 5.41) is 2.69. The molecule has 2 aliphatic heterocycles. The summed E-state index contributed by atoms with van der Waals surface area (Å²) in [5.41, 5.74) is 0.129. The van der Waals surface area contributed by atoms with E-state index in [1.807, 2.05) is 0 Å². The molecule has 0 saturated heterocycles. The minimum atomic E-state index is -0.913. The molecule has 1 unspecified atom stereocenters. The summed E-state index contributed by atoms with van der Waals surface area (Å²) in [6.45, 7) is 3.39. The largest absolute Gasteiger partial charge is 0.497 e. The summed E-state index contributed by atoms with van der Waals surface area (Å²) in [6, 6.07) is 4.39. The first-order chi connectivity index (χ1) is 10.3. The third-order valence-corrected chi connectivity index (χ3v) is 4.02. The smallest absolute Gasteiger partial charge is 0.337 e. The molecule has 1 N–H and O–H groups in total. The van der Waals surface area contributed by atoms with E-state index in [1.165, 1.54) is 13.2 Å². The van der Waals surface area contributed by atoms with Crippen LogP contribution in [0.3, 0.4) is 0 Å². The molecule has 0 spiro atoms. The number of carbonyl (C=O) groups excluding carboxylic acids is 2. The topological polar surface area (TPSA) is 64.6 Å². The Morgan fingerprint density at radius 3 is 2.73 bits per heavy atom. The molecule has 1 atom stereocenters. The van der Waals surface area contributed by atoms with Crippen LogP contribution in [0.15, 0.2) is 29.5 Å². The number of ether oxygens (including phenoxy) is 2. The van der Waals surface area contributed by atoms with Gasteiger partial charge in [-0.1, -0.05) is 6.07 Å². The van der Waals surface area contributed by atoms with E-state index in [9.17, 15) is 14.0 Å². The van der Waals surface area contributed by atoms with Gasteiger partial charge in [-0.15, -0.1) is 0 Å². The molecule has 3 rings (SSSR count). The molecule has 6 heteroatoms. The van der Waals surface area contributed by atoms with Gasteiger partial charge >= 0.3 is 5.97 Å². The zero-order valence-electron chi connectivity index (χ0n) is 12.5. The van der Waals surface area contributed by atoms with Gasteiger partial charge in [0.1, 0.15) is 17.2 Å². The van der Waals surface area contributed by atoms with E-state index in [0.717, 1.165) is 0 Å². The van der Waals surface area contributed by atoms with E-state index in [4.69, 9.17) is 9.47 Å². The van der Waals surface area contributed by atoms with E-state index < -0.39 is 23.3 Å². The highest BCUT2D eigenvalue weighted by Crippen LogP contribution is 2.43. The summed E-state index contributed by atoms with van der Waals surface area (Å²) in [4.78, 5) is 24.1. The molecule has 116 valence electrons. The highest BCUT2D eigenvalue weighted by molar-refractivity contribution is 5.99. The van der Waals surface area contributed by atoms with Crippen molar-refractivity contribution in [2.45, 2.75) is 31.8 Å². The van der Waals surface area contributed by atoms with Gasteiger partial charge in [0.2, 0.25) is 5.91 Å². The Hall–Kier alpha value is -2.37. The molecule has 2 aliphatic rings. The third-order valence-electron chi connectivity index (χ3n) is 4.02. The van der Waals surface area contributed by atoms with Crippen molar-refractivity contribution in [3.63, 3.8) is 0 Å². The fraction of sp³-hybridized carbons (Fsp3) is 0.375. The fourth-order valence-electron chi connectivity index (χ4n) is 2.96. The lowest BCUT2D eigenvalue weighted by atomic mass is 9.82. The van der Waals surface area contributed by atoms with Crippen molar-refractivity contribution >= 4 is 11.9 Å². The number of esters is 1. The lowest BCUT2D eigenvalue weighted by Gasteiger charge is -2.27. The number of amides is 1. The second kappa shape index (κ2) is 4.83. The van der Waals surface area contributed by atoms with E-state index >= 15 is 0 Å². The van der Waals surface area contributed by atoms with Gasteiger partial charge in [-0.3, -0.25) is 4.79 Å². The average Bonchev–Trinajstić information content (AvgIpc) is 2.67. The first-order valence-electron chi connectivity index (χ1n) is 6.95. The van der Waals surface area contributed by atoms with Gasteiger partial charge in [-0.25, -0.2) is 9.18 Å². The summed E-state index contributed by atoms with van der Waals surface area (Å²) in [5.74, 6) is -1.55. The maximum atomic E-state index is 14.3. The van der Waals surface area contributed by atoms with Gasteiger partial charge in [0, 0.05) is 18.4 Å². The van der Waals surface area contributed by atoms with Crippen molar-refractivity contribution in [2.24, 2.45) is 0 Å². The predicted molar refractivity (Wildman–Crippen MR) is 75.6 cm³/mol. The fourth-order valence-corrected chi connectivity index (χ4v) is 2.96. The minimum Gasteiger partial charge on any atom is -0.497 e. The maximum absolute atomic E-state index is 14.3. The van der Waals surface area contributed by atoms with Crippen LogP contribution in [-0.4, -0.2) is 24.6 Å². The molecule has 0 bridgehead atoms. The maximum Gasteiger partial charge on any atom is 0.337 e. The molecule has 5 nitrogen and oxygen atoms in total. The lowest BCUT2D eigenvalue weighted by Crippen LogP contribution is -2.38. The van der Waals surface area contributed by atoms with E-state index in [2.05, 4.69) is 5.32 Å². The second-order valence-electron chi connectivity index (χ2n) is 5.88. The quantitative estimate of drug-likeness (QED) is 0.849. The van der Waals surface area contributed by atoms with Crippen molar-refractivity contribution in [1.29, 1.82) is 0 Å². The Morgan fingerprint density at radius 1 is 1.36 bits per heavy atom. The van der Waals surface area contributed by atoms with Crippen molar-refractivity contribution in [1.82, 2.24) is 5.32 Å². The van der Waals surface area contributed by atoms with Crippen molar-refractivity contribution < 1.29 is 23.5 Å². The number of carbonyl (C=O) groups is 2. The minimum absolute atomic E-state index is 0.00720. The molecule has 0 aromatic heterocycles. The van der Waals surface area contributed by atoms with Crippen molar-refractivity contribution in [3.8, 4) is 5.75 Å². The molecule has 1 aromatic carbocycles. The predicted octanol–water partition coefficient (Wildman–Crippen LogP) is 2.03. The Kier molecular flexibility index (Phi) is 3.20. The Labute approximate surface area is 127 Å². The monoisotopic (exact) mass is 305 g/mol. The molecule has 1 amide bonds. The molecular weight excluding hydrogens is 289 g/mol. The normalized spacial score (nSPS) is 23.0. The summed E-state index contributed by atoms with van der Waals surface area (Å²) < 4.78 is 24.6. The van der Waals surface area contributed by atoms with Gasteiger partial charge in [0.05, 0.1) is 18.4 Å². The van der Waals surface area contributed by atoms with Crippen LogP contribution in [0.5, 0.6) is 5.75 Å². The second-order valence-corrected chi connectivity index (χ2v) is 5.88. The zero-order valence-corrected chi connectivity index (χ0v) is 12.5. The number of methoxy groups -OCH3 is 1. The molecule has 0 radical (unpaired) electrons. The van der Waals surface area contributed by atoms with Gasteiger partial charge in [0.15, 0.2) is 0 Å². The molecule has 22 heavy (non-hydrogen) atoms. The van der Waals surface area contributed by atoms with E-state index in [1.54, 1.807) is 26.0 Å². The van der Waals surface area contributed by atoms with Crippen LogP contribution in [0, 0.1) is 5.82 Å². The van der Waals surface area contributed by atoms with Crippen LogP contribution in [-0.2, 0) is 14.3 Å². The SMILES string of the molecule is COc1ccc(C2CC(=O)NC3=C2C(=O)OC3(C)C)c(F)c1. The van der Waals surface area contributed by atoms with Crippen LogP contribution in [0.4, 0.5) is 4.39 Å². The number of cyclic esters (lactones) is 1. The summed E-state index contributed by atoms with van der Waals surface area (Å²) >= 11 is 0. The van der Waals surface area contributed by atoms with Gasteiger partial charge in [-0.2, -0.15) is 0 Å². The average molecular weight is 305 g/mol. The number of nitrogens with one attached hydrogen (secondary N) is 1. The van der Waals surface area contributed by atoms with E-state index in [-0.39, 0.29) is 17.9 Å². The Balaban J connectivity index is 2.12. The van der Waals surface area contributed by atoms with Crippen LogP contribution < -0.4 is 10.1 Å². The number of halogens is 1. The first kappa shape index (κ1) is 14.6. The van der Waals surface area contributed by atoms with Crippen molar-refractivity contribution in [2.75, 3.05) is 7.11 Å². The molecule has 1 aromatic rings. The van der Waals surface area contributed by atoms with Crippen LogP contribution in [0.2, 0.25) is 0 Å². The zero-order chi connectivity index (χ0) is 16.1. The third kappa shape index (κ3) is 2.15.